The lowest BCUT2D eigenvalue weighted by molar-refractivity contribution is -0.123. The highest BCUT2D eigenvalue weighted by Gasteiger charge is 2.23. The van der Waals surface area contributed by atoms with Crippen LogP contribution in [0.4, 0.5) is 8.78 Å². The zero-order valence-corrected chi connectivity index (χ0v) is 19.6. The Labute approximate surface area is 197 Å². The highest BCUT2D eigenvalue weighted by Crippen LogP contribution is 2.19. The molecule has 0 spiro atoms. The van der Waals surface area contributed by atoms with Gasteiger partial charge in [0.1, 0.15) is 17.4 Å². The fourth-order valence-electron chi connectivity index (χ4n) is 2.75. The zero-order valence-electron chi connectivity index (χ0n) is 17.3. The van der Waals surface area contributed by atoms with E-state index in [1.54, 1.807) is 6.07 Å². The van der Waals surface area contributed by atoms with Crippen molar-refractivity contribution in [2.75, 3.05) is 13.2 Å². The lowest BCUT2D eigenvalue weighted by Gasteiger charge is -2.12. The van der Waals surface area contributed by atoms with E-state index in [-0.39, 0.29) is 48.6 Å². The van der Waals surface area contributed by atoms with Crippen LogP contribution in [0.1, 0.15) is 30.9 Å². The second kappa shape index (κ2) is 12.4. The fourth-order valence-corrected chi connectivity index (χ4v) is 2.75. The molecule has 0 saturated heterocycles. The van der Waals surface area contributed by atoms with Gasteiger partial charge in [-0.1, -0.05) is 12.1 Å². The van der Waals surface area contributed by atoms with Gasteiger partial charge >= 0.3 is 0 Å². The summed E-state index contributed by atoms with van der Waals surface area (Å²) in [6.45, 7) is 2.98. The Bertz CT molecular complexity index is 907. The van der Waals surface area contributed by atoms with E-state index in [0.717, 1.165) is 36.6 Å². The smallest absolute Gasteiger partial charge is 0.258 e. The third-order valence-electron chi connectivity index (χ3n) is 4.43. The number of amides is 1. The van der Waals surface area contributed by atoms with Crippen LogP contribution >= 0.6 is 24.0 Å². The van der Waals surface area contributed by atoms with Crippen LogP contribution in [-0.4, -0.2) is 31.1 Å². The van der Waals surface area contributed by atoms with Gasteiger partial charge in [0.25, 0.3) is 5.91 Å². The molecule has 1 fully saturated rings. The van der Waals surface area contributed by atoms with Gasteiger partial charge in [-0.15, -0.1) is 24.0 Å². The van der Waals surface area contributed by atoms with Crippen molar-refractivity contribution in [3.63, 3.8) is 0 Å². The van der Waals surface area contributed by atoms with E-state index in [1.165, 1.54) is 0 Å². The fraction of sp³-hybridized carbons (Fsp3) is 0.364. The molecule has 3 rings (SSSR count). The van der Waals surface area contributed by atoms with Gasteiger partial charge in [0, 0.05) is 24.7 Å². The Morgan fingerprint density at radius 3 is 2.71 bits per heavy atom. The van der Waals surface area contributed by atoms with Crippen molar-refractivity contribution < 1.29 is 18.3 Å². The van der Waals surface area contributed by atoms with Gasteiger partial charge in [0.15, 0.2) is 12.6 Å². The molecular formula is C22H27F2IN4O2. The molecule has 6 nitrogen and oxygen atoms in total. The standard InChI is InChI=1S/C22H26F2N4O2.HI/c1-2-25-22(27-13-16-11-17(23)6-9-20(16)24)26-12-15-4-3-5-19(10-15)30-14-21(29)28-18-7-8-18;/h3-6,9-11,18H,2,7-8,12-14H2,1H3,(H,28,29)(H2,25,26,27);1H. The second-order valence-corrected chi connectivity index (χ2v) is 7.06. The van der Waals surface area contributed by atoms with Crippen molar-refractivity contribution in [1.29, 1.82) is 0 Å². The molecule has 3 N–H and O–H groups in total. The average Bonchev–Trinajstić information content (AvgIpc) is 3.55. The molecule has 31 heavy (non-hydrogen) atoms. The zero-order chi connectivity index (χ0) is 21.3. The number of hydrogen-bond donors (Lipinski definition) is 3. The van der Waals surface area contributed by atoms with Crippen molar-refractivity contribution in [3.05, 3.63) is 65.2 Å². The summed E-state index contributed by atoms with van der Waals surface area (Å²) in [5, 5.41) is 8.95. The molecule has 168 valence electrons. The molecule has 0 bridgehead atoms. The first-order chi connectivity index (χ1) is 14.5. The minimum absolute atomic E-state index is 0. The first kappa shape index (κ1) is 24.8. The summed E-state index contributed by atoms with van der Waals surface area (Å²) in [5.74, 6) is -0.0121. The van der Waals surface area contributed by atoms with Crippen molar-refractivity contribution >= 4 is 35.8 Å². The minimum atomic E-state index is -0.488. The largest absolute Gasteiger partial charge is 0.484 e. The van der Waals surface area contributed by atoms with Crippen LogP contribution in [0.15, 0.2) is 47.5 Å². The predicted molar refractivity (Wildman–Crippen MR) is 127 cm³/mol. The number of carbonyl (C=O) groups is 1. The third-order valence-corrected chi connectivity index (χ3v) is 4.43. The van der Waals surface area contributed by atoms with Crippen molar-refractivity contribution in [2.24, 2.45) is 4.99 Å². The summed E-state index contributed by atoms with van der Waals surface area (Å²) < 4.78 is 32.7. The molecule has 2 aromatic rings. The quantitative estimate of drug-likeness (QED) is 0.257. The monoisotopic (exact) mass is 544 g/mol. The molecule has 0 radical (unpaired) electrons. The number of benzene rings is 2. The van der Waals surface area contributed by atoms with Gasteiger partial charge in [0.2, 0.25) is 0 Å². The highest BCUT2D eigenvalue weighted by atomic mass is 127. The molecule has 1 amide bonds. The van der Waals surface area contributed by atoms with Crippen molar-refractivity contribution in [1.82, 2.24) is 16.0 Å². The van der Waals surface area contributed by atoms with E-state index in [0.29, 0.717) is 30.8 Å². The second-order valence-electron chi connectivity index (χ2n) is 7.06. The summed E-state index contributed by atoms with van der Waals surface area (Å²) >= 11 is 0. The van der Waals surface area contributed by atoms with Gasteiger partial charge in [-0.05, 0) is 55.7 Å². The van der Waals surface area contributed by atoms with Gasteiger partial charge in [-0.25, -0.2) is 13.8 Å². The van der Waals surface area contributed by atoms with Crippen molar-refractivity contribution in [3.8, 4) is 5.75 Å². The Morgan fingerprint density at radius 1 is 1.16 bits per heavy atom. The molecule has 0 aliphatic heterocycles. The molecule has 1 aliphatic carbocycles. The number of nitrogens with one attached hydrogen (secondary N) is 3. The topological polar surface area (TPSA) is 74.8 Å². The number of aliphatic imine (C=N–C) groups is 1. The predicted octanol–water partition coefficient (Wildman–Crippen LogP) is 3.50. The third kappa shape index (κ3) is 8.68. The molecular weight excluding hydrogens is 517 g/mol. The van der Waals surface area contributed by atoms with E-state index < -0.39 is 11.6 Å². The molecule has 0 aromatic heterocycles. The lowest BCUT2D eigenvalue weighted by atomic mass is 10.2. The number of rotatable bonds is 9. The molecule has 0 atom stereocenters. The summed E-state index contributed by atoms with van der Waals surface area (Å²) in [5.41, 5.74) is 1.12. The average molecular weight is 544 g/mol. The maximum atomic E-state index is 13.8. The van der Waals surface area contributed by atoms with E-state index >= 15 is 0 Å². The van der Waals surface area contributed by atoms with Crippen LogP contribution in [0.3, 0.4) is 0 Å². The molecule has 9 heteroatoms. The maximum Gasteiger partial charge on any atom is 0.258 e. The van der Waals surface area contributed by atoms with Crippen LogP contribution in [0.5, 0.6) is 5.75 Å². The van der Waals surface area contributed by atoms with Crippen LogP contribution in [0.2, 0.25) is 0 Å². The summed E-state index contributed by atoms with van der Waals surface area (Å²) in [7, 11) is 0. The Morgan fingerprint density at radius 2 is 1.97 bits per heavy atom. The number of ether oxygens (including phenoxy) is 1. The number of hydrogen-bond acceptors (Lipinski definition) is 3. The van der Waals surface area contributed by atoms with Gasteiger partial charge in [-0.3, -0.25) is 4.79 Å². The molecule has 0 unspecified atom stereocenters. The summed E-state index contributed by atoms with van der Waals surface area (Å²) in [4.78, 5) is 16.2. The number of guanidine groups is 1. The van der Waals surface area contributed by atoms with Crippen LogP contribution < -0.4 is 20.7 Å². The summed E-state index contributed by atoms with van der Waals surface area (Å²) in [6.07, 6.45) is 2.07. The van der Waals surface area contributed by atoms with E-state index in [4.69, 9.17) is 4.74 Å². The number of halogens is 3. The highest BCUT2D eigenvalue weighted by molar-refractivity contribution is 14.0. The van der Waals surface area contributed by atoms with E-state index in [1.807, 2.05) is 25.1 Å². The molecule has 0 heterocycles. The SMILES string of the molecule is CCNC(=NCc1cccc(OCC(=O)NC2CC2)c1)NCc1cc(F)ccc1F.I. The normalized spacial score (nSPS) is 13.2. The molecule has 2 aromatic carbocycles. The van der Waals surface area contributed by atoms with Gasteiger partial charge in [-0.2, -0.15) is 0 Å². The van der Waals surface area contributed by atoms with Crippen LogP contribution in [-0.2, 0) is 17.9 Å². The van der Waals surface area contributed by atoms with Crippen LogP contribution in [0, 0.1) is 11.6 Å². The maximum absolute atomic E-state index is 13.8. The first-order valence-electron chi connectivity index (χ1n) is 10.0. The van der Waals surface area contributed by atoms with Gasteiger partial charge < -0.3 is 20.7 Å². The minimum Gasteiger partial charge on any atom is -0.484 e. The Balaban J connectivity index is 0.00000341. The Kier molecular flexibility index (Phi) is 9.96. The van der Waals surface area contributed by atoms with Crippen molar-refractivity contribution in [2.45, 2.75) is 38.9 Å². The molecule has 1 saturated carbocycles. The van der Waals surface area contributed by atoms with E-state index in [2.05, 4.69) is 20.9 Å². The Hall–Kier alpha value is -2.43. The van der Waals surface area contributed by atoms with E-state index in [9.17, 15) is 13.6 Å². The van der Waals surface area contributed by atoms with Crippen LogP contribution in [0.25, 0.3) is 0 Å². The lowest BCUT2D eigenvalue weighted by Crippen LogP contribution is -2.37. The number of nitrogens with zero attached hydrogens (tertiary/aromatic N) is 1. The van der Waals surface area contributed by atoms with Gasteiger partial charge in [0.05, 0.1) is 6.54 Å². The molecule has 1 aliphatic rings. The number of carbonyl (C=O) groups excluding carboxylic acids is 1. The first-order valence-corrected chi connectivity index (χ1v) is 10.0. The summed E-state index contributed by atoms with van der Waals surface area (Å²) in [6, 6.07) is 11.0.